The summed E-state index contributed by atoms with van der Waals surface area (Å²) in [4.78, 5) is 0. The fourth-order valence-corrected chi connectivity index (χ4v) is 2.38. The van der Waals surface area contributed by atoms with Crippen LogP contribution in [0, 0.1) is 0 Å². The zero-order valence-electron chi connectivity index (χ0n) is 10.7. The van der Waals surface area contributed by atoms with Gasteiger partial charge in [0.25, 0.3) is 0 Å². The second-order valence-electron chi connectivity index (χ2n) is 5.26. The first kappa shape index (κ1) is 12.8. The number of rotatable bonds is 5. The second-order valence-corrected chi connectivity index (χ2v) is 5.26. The summed E-state index contributed by atoms with van der Waals surface area (Å²) in [6, 6.07) is 1.49. The van der Waals surface area contributed by atoms with E-state index in [2.05, 4.69) is 32.2 Å². The Morgan fingerprint density at radius 3 is 2.53 bits per heavy atom. The highest BCUT2D eigenvalue weighted by molar-refractivity contribution is 4.93. The fourth-order valence-electron chi connectivity index (χ4n) is 2.38. The Morgan fingerprint density at radius 1 is 1.27 bits per heavy atom. The first-order valence-electron chi connectivity index (χ1n) is 6.58. The lowest BCUT2D eigenvalue weighted by Crippen LogP contribution is -2.37. The van der Waals surface area contributed by atoms with Gasteiger partial charge in [0.15, 0.2) is 0 Å². The predicted molar refractivity (Wildman–Crippen MR) is 68.1 cm³/mol. The van der Waals surface area contributed by atoms with E-state index in [-0.39, 0.29) is 0 Å². The lowest BCUT2D eigenvalue weighted by Gasteiger charge is -2.26. The van der Waals surface area contributed by atoms with Crippen molar-refractivity contribution in [1.82, 2.24) is 5.32 Å². The van der Waals surface area contributed by atoms with E-state index in [0.717, 1.165) is 6.04 Å². The molecule has 88 valence electrons. The van der Waals surface area contributed by atoms with Crippen molar-refractivity contribution in [1.29, 1.82) is 0 Å². The average Bonchev–Trinajstić information content (AvgIpc) is 2.18. The van der Waals surface area contributed by atoms with E-state index >= 15 is 0 Å². The van der Waals surface area contributed by atoms with E-state index in [1.54, 1.807) is 0 Å². The van der Waals surface area contributed by atoms with Crippen LogP contribution in [0.15, 0.2) is 11.6 Å². The molecule has 1 atom stereocenters. The molecule has 0 spiro atoms. The Hall–Kier alpha value is -0.300. The van der Waals surface area contributed by atoms with Crippen LogP contribution in [-0.2, 0) is 0 Å². The van der Waals surface area contributed by atoms with Crippen molar-refractivity contribution in [2.24, 2.45) is 0 Å². The van der Waals surface area contributed by atoms with Gasteiger partial charge in [-0.05, 0) is 46.5 Å². The Balaban J connectivity index is 2.11. The fraction of sp³-hybridized carbons (Fsp3) is 0.857. The van der Waals surface area contributed by atoms with Crippen molar-refractivity contribution in [3.8, 4) is 0 Å². The third kappa shape index (κ3) is 5.99. The second kappa shape index (κ2) is 7.05. The molecular weight excluding hydrogens is 182 g/mol. The molecule has 15 heavy (non-hydrogen) atoms. The zero-order valence-corrected chi connectivity index (χ0v) is 10.7. The average molecular weight is 209 g/mol. The van der Waals surface area contributed by atoms with E-state index in [1.165, 1.54) is 50.5 Å². The van der Waals surface area contributed by atoms with E-state index < -0.39 is 0 Å². The first-order valence-corrected chi connectivity index (χ1v) is 6.58. The molecule has 1 nitrogen and oxygen atoms in total. The van der Waals surface area contributed by atoms with E-state index in [9.17, 15) is 0 Å². The number of hydrogen-bond donors (Lipinski definition) is 1. The Morgan fingerprint density at radius 2 is 1.93 bits per heavy atom. The maximum atomic E-state index is 3.76. The van der Waals surface area contributed by atoms with Gasteiger partial charge < -0.3 is 5.32 Å². The van der Waals surface area contributed by atoms with Crippen LogP contribution in [0.1, 0.15) is 65.7 Å². The van der Waals surface area contributed by atoms with Gasteiger partial charge in [-0.2, -0.15) is 0 Å². The summed E-state index contributed by atoms with van der Waals surface area (Å²) in [6.07, 6.45) is 11.9. The van der Waals surface area contributed by atoms with E-state index in [4.69, 9.17) is 0 Å². The highest BCUT2D eigenvalue weighted by Crippen LogP contribution is 2.18. The largest absolute Gasteiger partial charge is 0.311 e. The Labute approximate surface area is 95.3 Å². The zero-order chi connectivity index (χ0) is 11.1. The first-order chi connectivity index (χ1) is 7.18. The molecule has 1 saturated carbocycles. The van der Waals surface area contributed by atoms with Crippen LogP contribution in [0.25, 0.3) is 0 Å². The van der Waals surface area contributed by atoms with Gasteiger partial charge in [0, 0.05) is 12.1 Å². The van der Waals surface area contributed by atoms with Crippen LogP contribution in [-0.4, -0.2) is 12.1 Å². The minimum atomic E-state index is 0.684. The molecule has 1 N–H and O–H groups in total. The van der Waals surface area contributed by atoms with Gasteiger partial charge in [-0.25, -0.2) is 0 Å². The molecule has 0 aromatic carbocycles. The van der Waals surface area contributed by atoms with Crippen LogP contribution < -0.4 is 5.32 Å². The lowest BCUT2D eigenvalue weighted by atomic mass is 9.94. The van der Waals surface area contributed by atoms with Gasteiger partial charge in [-0.1, -0.05) is 30.9 Å². The van der Waals surface area contributed by atoms with Crippen molar-refractivity contribution >= 4 is 0 Å². The van der Waals surface area contributed by atoms with Crippen LogP contribution >= 0.6 is 0 Å². The van der Waals surface area contributed by atoms with Crippen LogP contribution in [0.4, 0.5) is 0 Å². The third-order valence-electron chi connectivity index (χ3n) is 3.28. The van der Waals surface area contributed by atoms with Gasteiger partial charge in [-0.3, -0.25) is 0 Å². The van der Waals surface area contributed by atoms with Gasteiger partial charge in [0.05, 0.1) is 0 Å². The molecule has 0 heterocycles. The molecule has 0 aromatic rings. The van der Waals surface area contributed by atoms with Crippen molar-refractivity contribution in [3.63, 3.8) is 0 Å². The normalized spacial score (nSPS) is 19.9. The van der Waals surface area contributed by atoms with Crippen LogP contribution in [0.3, 0.4) is 0 Å². The molecule has 0 amide bonds. The molecule has 1 unspecified atom stereocenters. The lowest BCUT2D eigenvalue weighted by molar-refractivity contribution is 0.337. The van der Waals surface area contributed by atoms with E-state index in [0.29, 0.717) is 6.04 Å². The molecule has 1 rings (SSSR count). The van der Waals surface area contributed by atoms with Gasteiger partial charge >= 0.3 is 0 Å². The maximum Gasteiger partial charge on any atom is 0.00695 e. The molecule has 0 saturated heterocycles. The smallest absolute Gasteiger partial charge is 0.00695 e. The molecule has 1 aliphatic carbocycles. The van der Waals surface area contributed by atoms with Crippen molar-refractivity contribution in [2.45, 2.75) is 77.8 Å². The standard InChI is InChI=1S/C14H27N/c1-12(2)8-7-9-13(3)15-14-10-5-4-6-11-14/h8,13-15H,4-7,9-11H2,1-3H3. The topological polar surface area (TPSA) is 12.0 Å². The summed E-state index contributed by atoms with van der Waals surface area (Å²) in [5.41, 5.74) is 1.44. The van der Waals surface area contributed by atoms with Crippen molar-refractivity contribution in [2.75, 3.05) is 0 Å². The maximum absolute atomic E-state index is 3.76. The van der Waals surface area contributed by atoms with E-state index in [1.807, 2.05) is 0 Å². The molecule has 0 radical (unpaired) electrons. The minimum Gasteiger partial charge on any atom is -0.311 e. The highest BCUT2D eigenvalue weighted by atomic mass is 14.9. The third-order valence-corrected chi connectivity index (χ3v) is 3.28. The molecule has 1 heteroatoms. The molecule has 0 bridgehead atoms. The van der Waals surface area contributed by atoms with Crippen molar-refractivity contribution < 1.29 is 0 Å². The quantitative estimate of drug-likeness (QED) is 0.674. The SMILES string of the molecule is CC(C)=CCCC(C)NC1CCCCC1. The van der Waals surface area contributed by atoms with Crippen LogP contribution in [0.2, 0.25) is 0 Å². The molecular formula is C14H27N. The number of nitrogens with one attached hydrogen (secondary N) is 1. The molecule has 0 aliphatic heterocycles. The molecule has 1 aliphatic rings. The van der Waals surface area contributed by atoms with Gasteiger partial charge in [0.1, 0.15) is 0 Å². The number of hydrogen-bond acceptors (Lipinski definition) is 1. The summed E-state index contributed by atoms with van der Waals surface area (Å²) in [7, 11) is 0. The van der Waals surface area contributed by atoms with Crippen molar-refractivity contribution in [3.05, 3.63) is 11.6 Å². The Kier molecular flexibility index (Phi) is 6.00. The summed E-state index contributed by atoms with van der Waals surface area (Å²) in [6.45, 7) is 6.69. The highest BCUT2D eigenvalue weighted by Gasteiger charge is 2.14. The van der Waals surface area contributed by atoms with Gasteiger partial charge in [-0.15, -0.1) is 0 Å². The van der Waals surface area contributed by atoms with Gasteiger partial charge in [0.2, 0.25) is 0 Å². The summed E-state index contributed by atoms with van der Waals surface area (Å²) >= 11 is 0. The minimum absolute atomic E-state index is 0.684. The Bertz CT molecular complexity index is 186. The summed E-state index contributed by atoms with van der Waals surface area (Å²) in [5.74, 6) is 0. The number of allylic oxidation sites excluding steroid dienone is 2. The molecule has 0 aromatic heterocycles. The monoisotopic (exact) mass is 209 g/mol. The predicted octanol–water partition coefficient (Wildman–Crippen LogP) is 4.04. The molecule has 1 fully saturated rings. The summed E-state index contributed by atoms with van der Waals surface area (Å²) < 4.78 is 0. The summed E-state index contributed by atoms with van der Waals surface area (Å²) in [5, 5.41) is 3.76. The van der Waals surface area contributed by atoms with Crippen LogP contribution in [0.5, 0.6) is 0 Å².